The lowest BCUT2D eigenvalue weighted by Crippen LogP contribution is -2.49. The van der Waals surface area contributed by atoms with Gasteiger partial charge in [-0.2, -0.15) is 4.31 Å². The second-order valence-electron chi connectivity index (χ2n) is 6.83. The standard InChI is InChI=1S/C20H20ClN5O3S2/c21-17-6-1-7-18(24-17)31(28,29)26-11-9-25(10-12-26)19-16(5-2-8-22-19)20(27)23-14-15-4-3-13-30-15/h1-8,13H,9-12,14H2,(H,23,27). The Labute approximate surface area is 189 Å². The van der Waals surface area contributed by atoms with E-state index in [1.54, 1.807) is 35.7 Å². The van der Waals surface area contributed by atoms with Crippen LogP contribution in [0.1, 0.15) is 15.2 Å². The average molecular weight is 478 g/mol. The van der Waals surface area contributed by atoms with Crippen LogP contribution in [0.3, 0.4) is 0 Å². The van der Waals surface area contributed by atoms with E-state index in [0.29, 0.717) is 31.0 Å². The molecule has 3 aromatic rings. The molecule has 1 fully saturated rings. The molecule has 0 saturated carbocycles. The first kappa shape index (κ1) is 21.7. The van der Waals surface area contributed by atoms with E-state index in [-0.39, 0.29) is 29.2 Å². The van der Waals surface area contributed by atoms with Gasteiger partial charge in [-0.05, 0) is 35.7 Å². The first-order valence-corrected chi connectivity index (χ1v) is 12.3. The normalized spacial score (nSPS) is 15.1. The minimum Gasteiger partial charge on any atom is -0.353 e. The lowest BCUT2D eigenvalue weighted by molar-refractivity contribution is 0.0951. The summed E-state index contributed by atoms with van der Waals surface area (Å²) in [4.78, 5) is 24.1. The number of hydrogen-bond acceptors (Lipinski definition) is 7. The summed E-state index contributed by atoms with van der Waals surface area (Å²) < 4.78 is 27.1. The van der Waals surface area contributed by atoms with Crippen LogP contribution in [0.4, 0.5) is 5.82 Å². The zero-order valence-corrected chi connectivity index (χ0v) is 18.8. The molecule has 11 heteroatoms. The van der Waals surface area contributed by atoms with Gasteiger partial charge in [0.25, 0.3) is 15.9 Å². The number of amides is 1. The van der Waals surface area contributed by atoms with E-state index in [2.05, 4.69) is 15.3 Å². The molecule has 8 nitrogen and oxygen atoms in total. The minimum absolute atomic E-state index is 0.0695. The smallest absolute Gasteiger partial charge is 0.260 e. The second kappa shape index (κ2) is 9.31. The Bertz CT molecular complexity index is 1160. The highest BCUT2D eigenvalue weighted by molar-refractivity contribution is 7.89. The van der Waals surface area contributed by atoms with Crippen LogP contribution in [-0.2, 0) is 16.6 Å². The highest BCUT2D eigenvalue weighted by Gasteiger charge is 2.31. The maximum atomic E-state index is 12.9. The lowest BCUT2D eigenvalue weighted by atomic mass is 10.2. The number of anilines is 1. The summed E-state index contributed by atoms with van der Waals surface area (Å²) in [6.45, 7) is 1.76. The van der Waals surface area contributed by atoms with Gasteiger partial charge in [0.15, 0.2) is 5.03 Å². The summed E-state index contributed by atoms with van der Waals surface area (Å²) >= 11 is 7.43. The first-order chi connectivity index (χ1) is 14.9. The van der Waals surface area contributed by atoms with Gasteiger partial charge >= 0.3 is 0 Å². The number of pyridine rings is 2. The molecular formula is C20H20ClN5O3S2. The highest BCUT2D eigenvalue weighted by atomic mass is 35.5. The molecule has 3 aromatic heterocycles. The molecule has 1 N–H and O–H groups in total. The van der Waals surface area contributed by atoms with Gasteiger partial charge in [0.1, 0.15) is 11.0 Å². The number of aromatic nitrogens is 2. The van der Waals surface area contributed by atoms with Crippen LogP contribution < -0.4 is 10.2 Å². The predicted octanol–water partition coefficient (Wildman–Crippen LogP) is 2.63. The van der Waals surface area contributed by atoms with Gasteiger partial charge < -0.3 is 10.2 Å². The van der Waals surface area contributed by atoms with Crippen molar-refractivity contribution >= 4 is 44.7 Å². The van der Waals surface area contributed by atoms with Crippen LogP contribution in [0.15, 0.2) is 59.1 Å². The number of carbonyl (C=O) groups excluding carboxylic acids is 1. The molecule has 0 aliphatic carbocycles. The summed E-state index contributed by atoms with van der Waals surface area (Å²) in [5.74, 6) is 0.332. The fourth-order valence-electron chi connectivity index (χ4n) is 3.31. The Morgan fingerprint density at radius 2 is 1.90 bits per heavy atom. The number of sulfonamides is 1. The van der Waals surface area contributed by atoms with Crippen LogP contribution in [0.2, 0.25) is 5.15 Å². The van der Waals surface area contributed by atoms with Crippen molar-refractivity contribution in [3.63, 3.8) is 0 Å². The third kappa shape index (κ3) is 4.87. The summed E-state index contributed by atoms with van der Waals surface area (Å²) in [5.41, 5.74) is 0.465. The van der Waals surface area contributed by atoms with Gasteiger partial charge in [-0.25, -0.2) is 18.4 Å². The first-order valence-electron chi connectivity index (χ1n) is 9.58. The van der Waals surface area contributed by atoms with Crippen molar-refractivity contribution in [3.8, 4) is 0 Å². The molecule has 0 atom stereocenters. The number of halogens is 1. The number of carbonyl (C=O) groups is 1. The van der Waals surface area contributed by atoms with Crippen LogP contribution in [0, 0.1) is 0 Å². The molecular weight excluding hydrogens is 458 g/mol. The van der Waals surface area contributed by atoms with Crippen molar-refractivity contribution in [3.05, 3.63) is 69.6 Å². The van der Waals surface area contributed by atoms with Crippen molar-refractivity contribution in [2.45, 2.75) is 11.6 Å². The van der Waals surface area contributed by atoms with Gasteiger partial charge in [0.05, 0.1) is 12.1 Å². The minimum atomic E-state index is -3.74. The van der Waals surface area contributed by atoms with Gasteiger partial charge in [-0.1, -0.05) is 23.7 Å². The van der Waals surface area contributed by atoms with Crippen LogP contribution in [0.5, 0.6) is 0 Å². The molecule has 0 spiro atoms. The van der Waals surface area contributed by atoms with Crippen LogP contribution in [0.25, 0.3) is 0 Å². The van der Waals surface area contributed by atoms with Gasteiger partial charge in [0, 0.05) is 37.3 Å². The quantitative estimate of drug-likeness (QED) is 0.548. The number of nitrogens with zero attached hydrogens (tertiary/aromatic N) is 4. The summed E-state index contributed by atoms with van der Waals surface area (Å²) in [6, 6.07) is 11.9. The van der Waals surface area contributed by atoms with Gasteiger partial charge in [-0.15, -0.1) is 11.3 Å². The molecule has 0 bridgehead atoms. The zero-order chi connectivity index (χ0) is 21.8. The van der Waals surface area contributed by atoms with Crippen molar-refractivity contribution in [1.82, 2.24) is 19.6 Å². The van der Waals surface area contributed by atoms with E-state index in [9.17, 15) is 13.2 Å². The summed E-state index contributed by atoms with van der Waals surface area (Å²) in [6.07, 6.45) is 1.63. The molecule has 1 aliphatic rings. The Kier molecular flexibility index (Phi) is 6.51. The predicted molar refractivity (Wildman–Crippen MR) is 120 cm³/mol. The third-order valence-electron chi connectivity index (χ3n) is 4.87. The van der Waals surface area contributed by atoms with Crippen molar-refractivity contribution in [2.24, 2.45) is 0 Å². The molecule has 1 aliphatic heterocycles. The monoisotopic (exact) mass is 477 g/mol. The molecule has 0 aromatic carbocycles. The summed E-state index contributed by atoms with van der Waals surface area (Å²) in [7, 11) is -3.74. The maximum Gasteiger partial charge on any atom is 0.260 e. The van der Waals surface area contributed by atoms with E-state index in [1.165, 1.54) is 16.4 Å². The molecule has 0 radical (unpaired) electrons. The van der Waals surface area contributed by atoms with E-state index in [1.807, 2.05) is 22.4 Å². The van der Waals surface area contributed by atoms with Gasteiger partial charge in [0.2, 0.25) is 0 Å². The van der Waals surface area contributed by atoms with E-state index < -0.39 is 10.0 Å². The SMILES string of the molecule is O=C(NCc1cccs1)c1cccnc1N1CCN(S(=O)(=O)c2cccc(Cl)n2)CC1. The van der Waals surface area contributed by atoms with Crippen molar-refractivity contribution in [1.29, 1.82) is 0 Å². The molecule has 1 saturated heterocycles. The van der Waals surface area contributed by atoms with Crippen molar-refractivity contribution in [2.75, 3.05) is 31.1 Å². The van der Waals surface area contributed by atoms with Crippen molar-refractivity contribution < 1.29 is 13.2 Å². The summed E-state index contributed by atoms with van der Waals surface area (Å²) in [5, 5.41) is 4.94. The molecule has 162 valence electrons. The van der Waals surface area contributed by atoms with Gasteiger partial charge in [-0.3, -0.25) is 4.79 Å². The number of thiophene rings is 1. The van der Waals surface area contributed by atoms with E-state index >= 15 is 0 Å². The zero-order valence-electron chi connectivity index (χ0n) is 16.4. The van der Waals surface area contributed by atoms with E-state index in [4.69, 9.17) is 11.6 Å². The molecule has 4 heterocycles. The number of nitrogens with one attached hydrogen (secondary N) is 1. The van der Waals surface area contributed by atoms with E-state index in [0.717, 1.165) is 4.88 Å². The highest BCUT2D eigenvalue weighted by Crippen LogP contribution is 2.22. The number of hydrogen-bond donors (Lipinski definition) is 1. The molecule has 0 unspecified atom stereocenters. The number of rotatable bonds is 6. The lowest BCUT2D eigenvalue weighted by Gasteiger charge is -2.35. The fraction of sp³-hybridized carbons (Fsp3) is 0.250. The second-order valence-corrected chi connectivity index (χ2v) is 10.1. The Hall–Kier alpha value is -2.53. The Morgan fingerprint density at radius 1 is 1.10 bits per heavy atom. The van der Waals surface area contributed by atoms with Crippen LogP contribution in [-0.4, -0.2) is 54.8 Å². The molecule has 1 amide bonds. The molecule has 31 heavy (non-hydrogen) atoms. The molecule has 4 rings (SSSR count). The maximum absolute atomic E-state index is 12.9. The Balaban J connectivity index is 1.45. The third-order valence-corrected chi connectivity index (χ3v) is 7.75. The number of piperazine rings is 1. The average Bonchev–Trinajstić information content (AvgIpc) is 3.31. The fourth-order valence-corrected chi connectivity index (χ4v) is 5.54. The topological polar surface area (TPSA) is 95.5 Å². The van der Waals surface area contributed by atoms with Crippen LogP contribution >= 0.6 is 22.9 Å². The Morgan fingerprint density at radius 3 is 2.61 bits per heavy atom. The largest absolute Gasteiger partial charge is 0.353 e.